The number of anilines is 1. The Morgan fingerprint density at radius 1 is 1.21 bits per heavy atom. The number of carbonyl (C=O) groups excluding carboxylic acids is 2. The second-order valence-electron chi connectivity index (χ2n) is 9.63. The summed E-state index contributed by atoms with van der Waals surface area (Å²) in [5, 5.41) is 9.98. The molecule has 0 radical (unpaired) electrons. The van der Waals surface area contributed by atoms with E-state index < -0.39 is 10.9 Å². The highest BCUT2D eigenvalue weighted by molar-refractivity contribution is 7.69. The number of rotatable bonds is 9. The van der Waals surface area contributed by atoms with Crippen LogP contribution >= 0.6 is 0 Å². The number of benzene rings is 2. The van der Waals surface area contributed by atoms with Crippen LogP contribution < -0.4 is 9.64 Å². The van der Waals surface area contributed by atoms with Gasteiger partial charge >= 0.3 is 0 Å². The van der Waals surface area contributed by atoms with Crippen LogP contribution in [-0.4, -0.2) is 84.0 Å². The minimum absolute atomic E-state index is 0.152. The average Bonchev–Trinajstić information content (AvgIpc) is 3.35. The largest absolute Gasteiger partial charge is 0.483 e. The zero-order valence-electron chi connectivity index (χ0n) is 22.1. The Balaban J connectivity index is 1.55. The Labute approximate surface area is 225 Å². The van der Waals surface area contributed by atoms with Crippen LogP contribution in [-0.2, 0) is 31.1 Å². The van der Waals surface area contributed by atoms with Gasteiger partial charge in [-0.1, -0.05) is 30.3 Å². The lowest BCUT2D eigenvalue weighted by molar-refractivity contribution is -0.134. The van der Waals surface area contributed by atoms with Gasteiger partial charge in [0.05, 0.1) is 30.6 Å². The third-order valence-corrected chi connectivity index (χ3v) is 7.79. The highest BCUT2D eigenvalue weighted by Gasteiger charge is 2.30. The molecule has 4 rings (SSSR count). The fraction of sp³-hybridized carbons (Fsp3) is 0.481. The summed E-state index contributed by atoms with van der Waals surface area (Å²) in [6.45, 7) is 3.80. The van der Waals surface area contributed by atoms with E-state index in [0.29, 0.717) is 43.2 Å². The lowest BCUT2D eigenvalue weighted by atomic mass is 9.99. The van der Waals surface area contributed by atoms with E-state index in [1.807, 2.05) is 30.3 Å². The van der Waals surface area contributed by atoms with Crippen molar-refractivity contribution in [2.24, 2.45) is 4.36 Å². The monoisotopic (exact) mass is 544 g/mol. The molecule has 2 aromatic carbocycles. The van der Waals surface area contributed by atoms with E-state index in [9.17, 15) is 18.9 Å². The molecule has 2 amide bonds. The third-order valence-electron chi connectivity index (χ3n) is 7.10. The van der Waals surface area contributed by atoms with Gasteiger partial charge in [-0.05, 0) is 37.0 Å². The molecule has 11 heteroatoms. The molecule has 206 valence electrons. The minimum atomic E-state index is -2.27. The Bertz CT molecular complexity index is 1230. The second-order valence-corrected chi connectivity index (χ2v) is 10.7. The first-order valence-corrected chi connectivity index (χ1v) is 13.9. The van der Waals surface area contributed by atoms with Crippen LogP contribution in [0.2, 0.25) is 0 Å². The summed E-state index contributed by atoms with van der Waals surface area (Å²) in [6.07, 6.45) is 1.75. The molecule has 2 aliphatic rings. The number of β-amino-alcohol motifs (C(OH)–C–C–N with tert-alkyl or cyclic N) is 1. The molecule has 0 saturated carbocycles. The van der Waals surface area contributed by atoms with Gasteiger partial charge in [-0.3, -0.25) is 18.7 Å². The maximum Gasteiger partial charge on any atom is 0.260 e. The first kappa shape index (κ1) is 28.0. The van der Waals surface area contributed by atoms with Crippen LogP contribution in [0, 0.1) is 0 Å². The van der Waals surface area contributed by atoms with Gasteiger partial charge in [0.2, 0.25) is 5.91 Å². The molecular formula is C27H36N4O6S. The lowest BCUT2D eigenvalue weighted by Crippen LogP contribution is -2.41. The van der Waals surface area contributed by atoms with Gasteiger partial charge in [0.25, 0.3) is 5.91 Å². The number of carbonyl (C=O) groups is 2. The highest BCUT2D eigenvalue weighted by atomic mass is 32.2. The minimum Gasteiger partial charge on any atom is -0.483 e. The van der Waals surface area contributed by atoms with Crippen LogP contribution in [0.15, 0.2) is 46.8 Å². The Morgan fingerprint density at radius 2 is 1.97 bits per heavy atom. The average molecular weight is 545 g/mol. The van der Waals surface area contributed by atoms with Gasteiger partial charge < -0.3 is 19.6 Å². The summed E-state index contributed by atoms with van der Waals surface area (Å²) in [5.74, 6) is 0.154. The number of aliphatic hydroxyl groups excluding tert-OH is 1. The molecular weight excluding hydrogens is 508 g/mol. The Kier molecular flexibility index (Phi) is 9.37. The maximum atomic E-state index is 13.4. The molecule has 0 bridgehead atoms. The summed E-state index contributed by atoms with van der Waals surface area (Å²) in [6, 6.07) is 13.0. The fourth-order valence-electron chi connectivity index (χ4n) is 5.10. The first-order chi connectivity index (χ1) is 18.3. The maximum absolute atomic E-state index is 13.4. The van der Waals surface area contributed by atoms with Crippen molar-refractivity contribution in [3.63, 3.8) is 0 Å². The molecule has 1 saturated heterocycles. The van der Waals surface area contributed by atoms with Crippen molar-refractivity contribution in [1.82, 2.24) is 9.80 Å². The topological polar surface area (TPSA) is 112 Å². The molecule has 1 fully saturated rings. The number of ether oxygens (including phenoxy) is 1. The molecule has 2 heterocycles. The van der Waals surface area contributed by atoms with Gasteiger partial charge in [-0.2, -0.15) is 4.36 Å². The molecule has 38 heavy (non-hydrogen) atoms. The number of aliphatic hydroxyl groups is 1. The second kappa shape index (κ2) is 12.7. The number of fused-ring (bicyclic) bond motifs is 1. The number of likely N-dealkylation sites (tertiary alicyclic amines) is 1. The van der Waals surface area contributed by atoms with Crippen molar-refractivity contribution in [1.29, 1.82) is 0 Å². The van der Waals surface area contributed by atoms with E-state index in [-0.39, 0.29) is 30.6 Å². The molecule has 0 aromatic heterocycles. The van der Waals surface area contributed by atoms with E-state index in [0.717, 1.165) is 30.5 Å². The summed E-state index contributed by atoms with van der Waals surface area (Å²) in [5.41, 5.74) is 2.72. The SMILES string of the molecule is CO[SH](=O)=Nc1ccc(OCC(=O)N(C)C(CN2CC[C@H](O)C2)c2ccccc2)c2c1N(C(C)=O)CCC2. The predicted octanol–water partition coefficient (Wildman–Crippen LogP) is 2.49. The summed E-state index contributed by atoms with van der Waals surface area (Å²) in [7, 11) is 0.814. The van der Waals surface area contributed by atoms with Crippen molar-refractivity contribution in [3.05, 3.63) is 53.6 Å². The fourth-order valence-corrected chi connectivity index (χ4v) is 5.52. The normalized spacial score (nSPS) is 19.2. The van der Waals surface area contributed by atoms with E-state index >= 15 is 0 Å². The number of amides is 2. The van der Waals surface area contributed by atoms with E-state index in [1.54, 1.807) is 29.0 Å². The van der Waals surface area contributed by atoms with Crippen LogP contribution in [0.5, 0.6) is 5.75 Å². The van der Waals surface area contributed by atoms with Crippen LogP contribution in [0.1, 0.15) is 36.9 Å². The summed E-state index contributed by atoms with van der Waals surface area (Å²) in [4.78, 5) is 31.2. The van der Waals surface area contributed by atoms with Crippen LogP contribution in [0.4, 0.5) is 11.4 Å². The molecule has 2 aromatic rings. The van der Waals surface area contributed by atoms with E-state index in [1.165, 1.54) is 14.0 Å². The van der Waals surface area contributed by atoms with Crippen LogP contribution in [0.3, 0.4) is 0 Å². The van der Waals surface area contributed by atoms with Crippen molar-refractivity contribution in [2.45, 2.75) is 38.3 Å². The number of thiol groups is 1. The molecule has 0 aliphatic carbocycles. The standard InChI is InChI=1S/C27H36N4O6S/c1-19(32)31-14-7-10-22-25(12-11-23(27(22)31)28-38(35)36-3)37-18-26(34)29(2)24(20-8-5-4-6-9-20)17-30-15-13-21(33)16-30/h4-6,8-9,11-12,21,24,33,38H,7,10,13-18H2,1-3H3/t21-,24?/m0/s1. The van der Waals surface area contributed by atoms with Crippen molar-refractivity contribution in [3.8, 4) is 5.75 Å². The summed E-state index contributed by atoms with van der Waals surface area (Å²) >= 11 is 0. The quantitative estimate of drug-likeness (QED) is 0.467. The number of likely N-dealkylation sites (N-methyl/N-ethyl adjacent to an activating group) is 1. The van der Waals surface area contributed by atoms with Gasteiger partial charge in [0.1, 0.15) is 5.75 Å². The zero-order chi connectivity index (χ0) is 27.2. The third kappa shape index (κ3) is 6.52. The first-order valence-electron chi connectivity index (χ1n) is 12.8. The van der Waals surface area contributed by atoms with Crippen molar-refractivity contribution >= 4 is 34.1 Å². The summed E-state index contributed by atoms with van der Waals surface area (Å²) < 4.78 is 27.0. The Hall–Kier alpha value is -2.99. The van der Waals surface area contributed by atoms with Gasteiger partial charge in [0.15, 0.2) is 17.5 Å². The van der Waals surface area contributed by atoms with E-state index in [4.69, 9.17) is 8.92 Å². The van der Waals surface area contributed by atoms with Gasteiger partial charge in [-0.15, -0.1) is 0 Å². The molecule has 1 N–H and O–H groups in total. The van der Waals surface area contributed by atoms with Crippen LogP contribution in [0.25, 0.3) is 0 Å². The smallest absolute Gasteiger partial charge is 0.260 e. The molecule has 2 aliphatic heterocycles. The van der Waals surface area contributed by atoms with Crippen molar-refractivity contribution in [2.75, 3.05) is 51.8 Å². The molecule has 0 spiro atoms. The lowest BCUT2D eigenvalue weighted by Gasteiger charge is -2.33. The molecule has 10 nitrogen and oxygen atoms in total. The number of nitrogens with zero attached hydrogens (tertiary/aromatic N) is 4. The highest BCUT2D eigenvalue weighted by Crippen LogP contribution is 2.42. The van der Waals surface area contributed by atoms with Gasteiger partial charge in [-0.25, -0.2) is 4.21 Å². The van der Waals surface area contributed by atoms with E-state index in [2.05, 4.69) is 9.26 Å². The van der Waals surface area contributed by atoms with Crippen molar-refractivity contribution < 1.29 is 27.8 Å². The molecule has 3 atom stereocenters. The number of hydrogen-bond acceptors (Lipinski definition) is 8. The Morgan fingerprint density at radius 3 is 2.63 bits per heavy atom. The number of hydrogen-bond donors (Lipinski definition) is 2. The van der Waals surface area contributed by atoms with Gasteiger partial charge in [0, 0.05) is 45.7 Å². The predicted molar refractivity (Wildman–Crippen MR) is 146 cm³/mol. The molecule has 2 unspecified atom stereocenters. The zero-order valence-corrected chi connectivity index (χ0v) is 23.0.